The maximum atomic E-state index is 12.6. The van der Waals surface area contributed by atoms with Crippen LogP contribution in [0.1, 0.15) is 40.5 Å². The van der Waals surface area contributed by atoms with E-state index in [1.165, 1.54) is 4.90 Å². The van der Waals surface area contributed by atoms with Gasteiger partial charge in [0.15, 0.2) is 6.04 Å². The molecule has 0 aromatic heterocycles. The predicted molar refractivity (Wildman–Crippen MR) is 97.4 cm³/mol. The lowest BCUT2D eigenvalue weighted by Crippen LogP contribution is -2.67. The molecule has 0 saturated carbocycles. The van der Waals surface area contributed by atoms with Crippen molar-refractivity contribution in [3.8, 4) is 0 Å². The number of esters is 1. The first kappa shape index (κ1) is 21.8. The van der Waals surface area contributed by atoms with Crippen LogP contribution in [0.4, 0.5) is 0 Å². The number of hydrogen-bond donors (Lipinski definition) is 1. The van der Waals surface area contributed by atoms with Gasteiger partial charge in [-0.2, -0.15) is 0 Å². The molecule has 0 aromatic rings. The number of amides is 2. The second kappa shape index (κ2) is 8.90. The Balaban J connectivity index is 2.97. The molecule has 8 heteroatoms. The van der Waals surface area contributed by atoms with Crippen LogP contribution in [0.2, 0.25) is 0 Å². The molecule has 0 aromatic carbocycles. The monoisotopic (exact) mass is 392 g/mol. The van der Waals surface area contributed by atoms with E-state index in [4.69, 9.17) is 27.9 Å². The minimum absolute atomic E-state index is 0.00511. The molecule has 1 saturated heterocycles. The third-order valence-corrected chi connectivity index (χ3v) is 5.07. The summed E-state index contributed by atoms with van der Waals surface area (Å²) in [5.74, 6) is -1.40. The first-order chi connectivity index (χ1) is 11.6. The summed E-state index contributed by atoms with van der Waals surface area (Å²) in [6.45, 7) is 10.9. The van der Waals surface area contributed by atoms with Crippen molar-refractivity contribution in [2.75, 3.05) is 11.8 Å². The maximum Gasteiger partial charge on any atom is 0.333 e. The summed E-state index contributed by atoms with van der Waals surface area (Å²) in [7, 11) is 0. The molecule has 0 aliphatic carbocycles. The van der Waals surface area contributed by atoms with Gasteiger partial charge in [0.2, 0.25) is 11.8 Å². The topological polar surface area (TPSA) is 75.7 Å². The molecule has 1 fully saturated rings. The number of nitrogens with zero attached hydrogens (tertiary/aromatic N) is 1. The predicted octanol–water partition coefficient (Wildman–Crippen LogP) is 2.43. The molecule has 1 N–H and O–H groups in total. The molecule has 0 spiro atoms. The highest BCUT2D eigenvalue weighted by molar-refractivity contribution is 6.20. The normalized spacial score (nSPS) is 19.7. The SMILES string of the molecule is C=C(CCl)C(C(=O)OC(C)(C)CC)N1C(=O)CC1NC(=O)C(C)CCl. The van der Waals surface area contributed by atoms with Crippen molar-refractivity contribution in [3.63, 3.8) is 0 Å². The Morgan fingerprint density at radius 1 is 1.44 bits per heavy atom. The number of carbonyl (C=O) groups is 3. The largest absolute Gasteiger partial charge is 0.458 e. The highest BCUT2D eigenvalue weighted by atomic mass is 35.5. The summed E-state index contributed by atoms with van der Waals surface area (Å²) in [6.07, 6.45) is 0.116. The van der Waals surface area contributed by atoms with Crippen LogP contribution >= 0.6 is 23.2 Å². The number of halogens is 2. The first-order valence-corrected chi connectivity index (χ1v) is 9.28. The highest BCUT2D eigenvalue weighted by Crippen LogP contribution is 2.27. The number of β-lactam (4-membered cyclic amide) rings is 1. The van der Waals surface area contributed by atoms with Gasteiger partial charge < -0.3 is 15.0 Å². The molecule has 0 radical (unpaired) electrons. The smallest absolute Gasteiger partial charge is 0.333 e. The highest BCUT2D eigenvalue weighted by Gasteiger charge is 2.47. The Morgan fingerprint density at radius 3 is 2.48 bits per heavy atom. The van der Waals surface area contributed by atoms with E-state index in [1.54, 1.807) is 20.8 Å². The van der Waals surface area contributed by atoms with Gasteiger partial charge in [-0.1, -0.05) is 20.4 Å². The molecule has 3 atom stereocenters. The van der Waals surface area contributed by atoms with Gasteiger partial charge in [-0.05, 0) is 25.8 Å². The molecule has 1 rings (SSSR count). The van der Waals surface area contributed by atoms with Gasteiger partial charge >= 0.3 is 5.97 Å². The zero-order valence-electron chi connectivity index (χ0n) is 15.1. The summed E-state index contributed by atoms with van der Waals surface area (Å²) in [4.78, 5) is 38.1. The number of likely N-dealkylation sites (tertiary alicyclic amines) is 1. The Bertz CT molecular complexity index is 551. The number of nitrogens with one attached hydrogen (secondary N) is 1. The lowest BCUT2D eigenvalue weighted by atomic mass is 9.99. The average molecular weight is 393 g/mol. The van der Waals surface area contributed by atoms with E-state index in [2.05, 4.69) is 11.9 Å². The zero-order valence-corrected chi connectivity index (χ0v) is 16.6. The second-order valence-electron chi connectivity index (χ2n) is 6.81. The van der Waals surface area contributed by atoms with Gasteiger partial charge in [-0.15, -0.1) is 23.2 Å². The number of carbonyl (C=O) groups excluding carboxylic acids is 3. The molecule has 25 heavy (non-hydrogen) atoms. The van der Waals surface area contributed by atoms with Crippen LogP contribution in [-0.4, -0.2) is 52.3 Å². The van der Waals surface area contributed by atoms with E-state index in [-0.39, 0.29) is 30.0 Å². The van der Waals surface area contributed by atoms with E-state index in [0.29, 0.717) is 12.0 Å². The second-order valence-corrected chi connectivity index (χ2v) is 7.39. The van der Waals surface area contributed by atoms with Gasteiger partial charge in [0.25, 0.3) is 0 Å². The lowest BCUT2D eigenvalue weighted by Gasteiger charge is -2.45. The average Bonchev–Trinajstić information content (AvgIpc) is 2.56. The number of alkyl halides is 2. The van der Waals surface area contributed by atoms with Gasteiger partial charge in [-0.25, -0.2) is 4.79 Å². The first-order valence-electron chi connectivity index (χ1n) is 8.22. The van der Waals surface area contributed by atoms with E-state index in [9.17, 15) is 14.4 Å². The van der Waals surface area contributed by atoms with Crippen molar-refractivity contribution in [2.24, 2.45) is 5.92 Å². The molecule has 1 aliphatic rings. The maximum absolute atomic E-state index is 12.6. The van der Waals surface area contributed by atoms with Crippen LogP contribution in [-0.2, 0) is 19.1 Å². The molecule has 3 unspecified atom stereocenters. The van der Waals surface area contributed by atoms with Crippen LogP contribution in [0.5, 0.6) is 0 Å². The van der Waals surface area contributed by atoms with Crippen LogP contribution in [0.15, 0.2) is 12.2 Å². The minimum atomic E-state index is -1.03. The number of rotatable bonds is 9. The summed E-state index contributed by atoms with van der Waals surface area (Å²) in [5.41, 5.74) is -0.335. The third kappa shape index (κ3) is 5.35. The Hall–Kier alpha value is -1.27. The lowest BCUT2D eigenvalue weighted by molar-refractivity contribution is -0.173. The Kier molecular flexibility index (Phi) is 7.75. The molecular formula is C17H26Cl2N2O4. The molecule has 0 bridgehead atoms. The van der Waals surface area contributed by atoms with Crippen molar-refractivity contribution in [1.82, 2.24) is 10.2 Å². The summed E-state index contributed by atoms with van der Waals surface area (Å²) < 4.78 is 5.51. The zero-order chi connectivity index (χ0) is 19.4. The van der Waals surface area contributed by atoms with Crippen molar-refractivity contribution in [3.05, 3.63) is 12.2 Å². The molecule has 142 valence electrons. The molecule has 6 nitrogen and oxygen atoms in total. The van der Waals surface area contributed by atoms with Crippen molar-refractivity contribution in [2.45, 2.75) is 58.3 Å². The third-order valence-electron chi connectivity index (χ3n) is 4.27. The van der Waals surface area contributed by atoms with Crippen LogP contribution in [0, 0.1) is 5.92 Å². The quantitative estimate of drug-likeness (QED) is 0.283. The van der Waals surface area contributed by atoms with E-state index < -0.39 is 29.7 Å². The standard InChI is InChI=1S/C17H26Cl2N2O4/c1-6-17(4,5)25-16(24)14(10(2)8-18)21-12(7-13(21)22)20-15(23)11(3)9-19/h11-12,14H,2,6-9H2,1,3-5H3,(H,20,23). The molecule has 2 amide bonds. The Morgan fingerprint density at radius 2 is 2.04 bits per heavy atom. The van der Waals surface area contributed by atoms with Crippen molar-refractivity contribution >= 4 is 41.0 Å². The molecular weight excluding hydrogens is 367 g/mol. The summed E-state index contributed by atoms with van der Waals surface area (Å²) >= 11 is 11.5. The van der Waals surface area contributed by atoms with Crippen molar-refractivity contribution in [1.29, 1.82) is 0 Å². The van der Waals surface area contributed by atoms with Gasteiger partial charge in [-0.3, -0.25) is 9.59 Å². The van der Waals surface area contributed by atoms with E-state index in [1.807, 2.05) is 6.92 Å². The fraction of sp³-hybridized carbons (Fsp3) is 0.706. The number of ether oxygens (including phenoxy) is 1. The van der Waals surface area contributed by atoms with Crippen LogP contribution in [0.3, 0.4) is 0 Å². The summed E-state index contributed by atoms with van der Waals surface area (Å²) in [5, 5.41) is 2.73. The van der Waals surface area contributed by atoms with Gasteiger partial charge in [0.1, 0.15) is 11.8 Å². The Labute approximate surface area is 158 Å². The van der Waals surface area contributed by atoms with E-state index >= 15 is 0 Å². The number of hydrogen-bond acceptors (Lipinski definition) is 4. The minimum Gasteiger partial charge on any atom is -0.458 e. The van der Waals surface area contributed by atoms with Gasteiger partial charge in [0.05, 0.1) is 6.42 Å². The van der Waals surface area contributed by atoms with E-state index in [0.717, 1.165) is 0 Å². The molecule has 1 aliphatic heterocycles. The van der Waals surface area contributed by atoms with Crippen LogP contribution < -0.4 is 5.32 Å². The fourth-order valence-electron chi connectivity index (χ4n) is 2.20. The fourth-order valence-corrected chi connectivity index (χ4v) is 2.49. The van der Waals surface area contributed by atoms with Crippen LogP contribution in [0.25, 0.3) is 0 Å². The van der Waals surface area contributed by atoms with Gasteiger partial charge in [0, 0.05) is 17.7 Å². The summed E-state index contributed by atoms with van der Waals surface area (Å²) in [6, 6.07) is -1.03. The van der Waals surface area contributed by atoms with Crippen molar-refractivity contribution < 1.29 is 19.1 Å². The molecule has 1 heterocycles.